The van der Waals surface area contributed by atoms with E-state index in [9.17, 15) is 22.8 Å². The molecule has 34 heavy (non-hydrogen) atoms. The Morgan fingerprint density at radius 1 is 0.941 bits per heavy atom. The summed E-state index contributed by atoms with van der Waals surface area (Å²) in [6.07, 6.45) is -0.756. The van der Waals surface area contributed by atoms with Gasteiger partial charge < -0.3 is 10.6 Å². The van der Waals surface area contributed by atoms with Gasteiger partial charge in [-0.1, -0.05) is 42.7 Å². The van der Waals surface area contributed by atoms with Crippen LogP contribution in [0.25, 0.3) is 0 Å². The largest absolute Gasteiger partial charge is 0.416 e. The maximum Gasteiger partial charge on any atom is 0.416 e. The molecule has 184 valence electrons. The van der Waals surface area contributed by atoms with Crippen LogP contribution in [0, 0.1) is 20.8 Å². The van der Waals surface area contributed by atoms with Crippen LogP contribution >= 0.6 is 0 Å². The number of nitrogens with one attached hydrogen (secondary N) is 2. The molecular formula is C27H33F3N2O2. The zero-order chi connectivity index (χ0) is 24.9. The van der Waals surface area contributed by atoms with Crippen molar-refractivity contribution < 1.29 is 22.8 Å². The molecule has 3 rings (SSSR count). The van der Waals surface area contributed by atoms with Gasteiger partial charge >= 0.3 is 6.18 Å². The van der Waals surface area contributed by atoms with Crippen molar-refractivity contribution in [1.29, 1.82) is 0 Å². The molecule has 0 saturated heterocycles. The predicted molar refractivity (Wildman–Crippen MR) is 127 cm³/mol. The molecule has 2 aromatic carbocycles. The SMILES string of the molecule is Cc1cc(C)c(CN[C@H]2CCCC[C@@H]2NC(=O)CCC(=O)c2cccc(C(F)(F)F)c2)c(C)c1. The second-order valence-corrected chi connectivity index (χ2v) is 9.32. The van der Waals surface area contributed by atoms with Crippen LogP contribution in [-0.2, 0) is 17.5 Å². The maximum absolute atomic E-state index is 12.9. The third kappa shape index (κ3) is 6.92. The summed E-state index contributed by atoms with van der Waals surface area (Å²) in [6, 6.07) is 8.79. The van der Waals surface area contributed by atoms with E-state index in [1.807, 2.05) is 0 Å². The van der Waals surface area contributed by atoms with Crippen LogP contribution in [0.2, 0.25) is 0 Å². The number of ketones is 1. The van der Waals surface area contributed by atoms with E-state index in [0.29, 0.717) is 0 Å². The maximum atomic E-state index is 12.9. The Hall–Kier alpha value is -2.67. The molecule has 7 heteroatoms. The number of hydrogen-bond donors (Lipinski definition) is 2. The average Bonchev–Trinajstić information content (AvgIpc) is 2.77. The summed E-state index contributed by atoms with van der Waals surface area (Å²) in [4.78, 5) is 24.9. The Bertz CT molecular complexity index is 1010. The highest BCUT2D eigenvalue weighted by Gasteiger charge is 2.31. The van der Waals surface area contributed by atoms with Crippen LogP contribution in [0.4, 0.5) is 13.2 Å². The molecule has 2 aromatic rings. The van der Waals surface area contributed by atoms with E-state index in [-0.39, 0.29) is 36.4 Å². The monoisotopic (exact) mass is 474 g/mol. The highest BCUT2D eigenvalue weighted by molar-refractivity contribution is 5.98. The zero-order valence-electron chi connectivity index (χ0n) is 20.0. The van der Waals surface area contributed by atoms with Gasteiger partial charge in [-0.2, -0.15) is 13.2 Å². The van der Waals surface area contributed by atoms with Crippen LogP contribution < -0.4 is 10.6 Å². The van der Waals surface area contributed by atoms with E-state index < -0.39 is 17.5 Å². The Balaban J connectivity index is 1.54. The molecule has 0 bridgehead atoms. The molecule has 1 aliphatic carbocycles. The fourth-order valence-corrected chi connectivity index (χ4v) is 4.79. The van der Waals surface area contributed by atoms with Gasteiger partial charge in [0.25, 0.3) is 0 Å². The van der Waals surface area contributed by atoms with Crippen LogP contribution in [-0.4, -0.2) is 23.8 Å². The molecule has 0 unspecified atom stereocenters. The molecule has 0 spiro atoms. The molecule has 1 fully saturated rings. The summed E-state index contributed by atoms with van der Waals surface area (Å²) in [5.41, 5.74) is 4.11. The highest BCUT2D eigenvalue weighted by Crippen LogP contribution is 2.30. The lowest BCUT2D eigenvalue weighted by molar-refractivity contribution is -0.137. The number of aryl methyl sites for hydroxylation is 3. The summed E-state index contributed by atoms with van der Waals surface area (Å²) >= 11 is 0. The Morgan fingerprint density at radius 2 is 1.59 bits per heavy atom. The van der Waals surface area contributed by atoms with Gasteiger partial charge in [0.05, 0.1) is 5.56 Å². The number of carbonyl (C=O) groups excluding carboxylic acids is 2. The molecule has 1 amide bonds. The van der Waals surface area contributed by atoms with E-state index in [1.165, 1.54) is 34.4 Å². The number of alkyl halides is 3. The highest BCUT2D eigenvalue weighted by atomic mass is 19.4. The van der Waals surface area contributed by atoms with Crippen LogP contribution in [0.1, 0.15) is 76.7 Å². The molecular weight excluding hydrogens is 441 g/mol. The third-order valence-electron chi connectivity index (χ3n) is 6.58. The predicted octanol–water partition coefficient (Wildman–Crippen LogP) is 5.81. The van der Waals surface area contributed by atoms with Crippen molar-refractivity contribution >= 4 is 11.7 Å². The van der Waals surface area contributed by atoms with Gasteiger partial charge in [-0.25, -0.2) is 0 Å². The van der Waals surface area contributed by atoms with Crippen LogP contribution in [0.15, 0.2) is 36.4 Å². The molecule has 1 saturated carbocycles. The molecule has 2 atom stereocenters. The number of carbonyl (C=O) groups is 2. The van der Waals surface area contributed by atoms with Gasteiger partial charge in [-0.3, -0.25) is 9.59 Å². The van der Waals surface area contributed by atoms with Crippen molar-refractivity contribution in [1.82, 2.24) is 10.6 Å². The van der Waals surface area contributed by atoms with Gasteiger partial charge in [-0.15, -0.1) is 0 Å². The van der Waals surface area contributed by atoms with Crippen LogP contribution in [0.5, 0.6) is 0 Å². The van der Waals surface area contributed by atoms with E-state index >= 15 is 0 Å². The molecule has 0 radical (unpaired) electrons. The smallest absolute Gasteiger partial charge is 0.352 e. The molecule has 4 nitrogen and oxygen atoms in total. The van der Waals surface area contributed by atoms with Crippen molar-refractivity contribution in [2.45, 2.75) is 84.1 Å². The molecule has 0 heterocycles. The number of rotatable bonds is 8. The average molecular weight is 475 g/mol. The van der Waals surface area contributed by atoms with Crippen molar-refractivity contribution in [2.24, 2.45) is 0 Å². The lowest BCUT2D eigenvalue weighted by Gasteiger charge is -2.33. The van der Waals surface area contributed by atoms with Gasteiger partial charge in [0.1, 0.15) is 0 Å². The Morgan fingerprint density at radius 3 is 2.24 bits per heavy atom. The summed E-state index contributed by atoms with van der Waals surface area (Å²) in [5, 5.41) is 6.67. The van der Waals surface area contributed by atoms with E-state index in [0.717, 1.165) is 44.4 Å². The minimum atomic E-state index is -4.51. The van der Waals surface area contributed by atoms with Gasteiger partial charge in [0.15, 0.2) is 5.78 Å². The van der Waals surface area contributed by atoms with E-state index in [4.69, 9.17) is 0 Å². The first-order chi connectivity index (χ1) is 16.0. The topological polar surface area (TPSA) is 58.2 Å². The minimum absolute atomic E-state index is 0.0244. The molecule has 0 aromatic heterocycles. The number of hydrogen-bond acceptors (Lipinski definition) is 3. The first-order valence-electron chi connectivity index (χ1n) is 11.8. The summed E-state index contributed by atoms with van der Waals surface area (Å²) < 4.78 is 38.7. The van der Waals surface area contributed by atoms with Gasteiger partial charge in [-0.05, 0) is 62.4 Å². The van der Waals surface area contributed by atoms with Crippen molar-refractivity contribution in [2.75, 3.05) is 0 Å². The second-order valence-electron chi connectivity index (χ2n) is 9.32. The van der Waals surface area contributed by atoms with Crippen molar-refractivity contribution in [3.63, 3.8) is 0 Å². The number of benzene rings is 2. The second kappa shape index (κ2) is 11.2. The quantitative estimate of drug-likeness (QED) is 0.475. The lowest BCUT2D eigenvalue weighted by Crippen LogP contribution is -2.51. The molecule has 0 aliphatic heterocycles. The number of amides is 1. The first-order valence-corrected chi connectivity index (χ1v) is 11.8. The summed E-state index contributed by atoms with van der Waals surface area (Å²) in [7, 11) is 0. The molecule has 2 N–H and O–H groups in total. The van der Waals surface area contributed by atoms with Crippen molar-refractivity contribution in [3.05, 3.63) is 69.8 Å². The Kier molecular flexibility index (Phi) is 8.52. The van der Waals surface area contributed by atoms with E-state index in [1.54, 1.807) is 0 Å². The van der Waals surface area contributed by atoms with Gasteiger partial charge in [0, 0.05) is 37.0 Å². The number of Topliss-reactive ketones (excluding diaryl/α,β-unsaturated/α-hetero) is 1. The summed E-state index contributed by atoms with van der Waals surface area (Å²) in [6.45, 7) is 7.03. The first kappa shape index (κ1) is 25.9. The third-order valence-corrected chi connectivity index (χ3v) is 6.58. The fraction of sp³-hybridized carbons (Fsp3) is 0.481. The van der Waals surface area contributed by atoms with Gasteiger partial charge in [0.2, 0.25) is 5.91 Å². The van der Waals surface area contributed by atoms with Crippen LogP contribution in [0.3, 0.4) is 0 Å². The standard InChI is InChI=1S/C27H33F3N2O2/c1-17-13-18(2)22(19(3)14-17)16-31-23-9-4-5-10-24(23)32-26(34)12-11-25(33)20-7-6-8-21(15-20)27(28,29)30/h6-8,13-15,23-24,31H,4-5,9-12,16H2,1-3H3,(H,32,34)/t23-,24-/m0/s1. The van der Waals surface area contributed by atoms with E-state index in [2.05, 4.69) is 43.5 Å². The summed E-state index contributed by atoms with van der Waals surface area (Å²) in [5.74, 6) is -0.716. The number of halogens is 3. The lowest BCUT2D eigenvalue weighted by atomic mass is 9.89. The fourth-order valence-electron chi connectivity index (χ4n) is 4.79. The minimum Gasteiger partial charge on any atom is -0.352 e. The zero-order valence-corrected chi connectivity index (χ0v) is 20.0. The molecule has 1 aliphatic rings. The van der Waals surface area contributed by atoms with Crippen molar-refractivity contribution in [3.8, 4) is 0 Å². The normalized spacial score (nSPS) is 18.5. The Labute approximate surface area is 199 Å².